The summed E-state index contributed by atoms with van der Waals surface area (Å²) in [6, 6.07) is 81.1. The molecule has 0 aliphatic rings. The van der Waals surface area contributed by atoms with Gasteiger partial charge in [0, 0.05) is 42.3 Å². The van der Waals surface area contributed by atoms with Crippen molar-refractivity contribution in [3.8, 4) is 44.5 Å². The first kappa shape index (κ1) is 35.2. The van der Waals surface area contributed by atoms with E-state index in [0.717, 1.165) is 50.0 Å². The van der Waals surface area contributed by atoms with Crippen molar-refractivity contribution in [3.05, 3.63) is 224 Å². The second kappa shape index (κ2) is 14.5. The van der Waals surface area contributed by atoms with E-state index in [1.807, 2.05) is 11.3 Å². The monoisotopic (exact) mass is 795 g/mol. The van der Waals surface area contributed by atoms with Crippen LogP contribution in [0, 0.1) is 0 Å². The van der Waals surface area contributed by atoms with Crippen molar-refractivity contribution in [1.82, 2.24) is 0 Å². The first-order valence-corrected chi connectivity index (χ1v) is 21.6. The van der Waals surface area contributed by atoms with Crippen LogP contribution >= 0.6 is 11.3 Å². The number of anilines is 3. The summed E-state index contributed by atoms with van der Waals surface area (Å²) in [5, 5.41) is 7.10. The molecule has 12 aromatic rings. The molecule has 2 heterocycles. The zero-order valence-corrected chi connectivity index (χ0v) is 33.9. The third-order valence-electron chi connectivity index (χ3n) is 12.1. The number of furan rings is 1. The lowest BCUT2D eigenvalue weighted by Crippen LogP contribution is -2.10. The smallest absolute Gasteiger partial charge is 0.143 e. The van der Waals surface area contributed by atoms with Gasteiger partial charge in [0.05, 0.1) is 11.1 Å². The predicted molar refractivity (Wildman–Crippen MR) is 261 cm³/mol. The zero-order valence-electron chi connectivity index (χ0n) is 33.1. The van der Waals surface area contributed by atoms with E-state index < -0.39 is 0 Å². The van der Waals surface area contributed by atoms with Gasteiger partial charge in [-0.1, -0.05) is 158 Å². The molecule has 0 unspecified atom stereocenters. The van der Waals surface area contributed by atoms with E-state index in [4.69, 9.17) is 4.42 Å². The van der Waals surface area contributed by atoms with E-state index >= 15 is 0 Å². The van der Waals surface area contributed by atoms with Crippen molar-refractivity contribution < 1.29 is 4.42 Å². The normalized spacial score (nSPS) is 11.6. The van der Waals surface area contributed by atoms with Crippen LogP contribution in [0.5, 0.6) is 0 Å². The summed E-state index contributed by atoms with van der Waals surface area (Å²) in [5.41, 5.74) is 14.5. The van der Waals surface area contributed by atoms with E-state index in [0.29, 0.717) is 0 Å². The molecule has 0 fully saturated rings. The van der Waals surface area contributed by atoms with E-state index in [2.05, 4.69) is 229 Å². The molecule has 0 saturated carbocycles. The summed E-state index contributed by atoms with van der Waals surface area (Å²) in [4.78, 5) is 2.38. The van der Waals surface area contributed by atoms with Crippen LogP contribution in [-0.4, -0.2) is 0 Å². The fraction of sp³-hybridized carbons (Fsp3) is 0. The summed E-state index contributed by atoms with van der Waals surface area (Å²) in [7, 11) is 0. The molecule has 0 spiro atoms. The third kappa shape index (κ3) is 6.09. The second-order valence-electron chi connectivity index (χ2n) is 15.6. The Labute approximate surface area is 357 Å². The summed E-state index contributed by atoms with van der Waals surface area (Å²) in [5.74, 6) is 0. The van der Waals surface area contributed by atoms with E-state index in [9.17, 15) is 0 Å². The molecule has 0 amide bonds. The highest BCUT2D eigenvalue weighted by Gasteiger charge is 2.21. The number of hydrogen-bond donors (Lipinski definition) is 0. The van der Waals surface area contributed by atoms with Gasteiger partial charge in [-0.25, -0.2) is 0 Å². The topological polar surface area (TPSA) is 16.4 Å². The SMILES string of the molecule is c1ccc(-c2ccc(-c3ccc(N(c4ccc(-c5ccc6sc7ccccc7c6c5)cc4)c4cccc5oc6c7ccccc7ccc6c45)cc3)cc2-c2ccccc2)cc1. The van der Waals surface area contributed by atoms with Gasteiger partial charge in [0.25, 0.3) is 0 Å². The van der Waals surface area contributed by atoms with Crippen LogP contribution in [0.25, 0.3) is 97.4 Å². The summed E-state index contributed by atoms with van der Waals surface area (Å²) < 4.78 is 9.34. The Morgan fingerprint density at radius 3 is 1.67 bits per heavy atom. The van der Waals surface area contributed by atoms with Gasteiger partial charge >= 0.3 is 0 Å². The van der Waals surface area contributed by atoms with Crippen molar-refractivity contribution in [3.63, 3.8) is 0 Å². The second-order valence-corrected chi connectivity index (χ2v) is 16.7. The maximum atomic E-state index is 6.70. The largest absolute Gasteiger partial charge is 0.455 e. The quantitative estimate of drug-likeness (QED) is 0.160. The maximum Gasteiger partial charge on any atom is 0.143 e. The van der Waals surface area contributed by atoms with Crippen molar-refractivity contribution in [1.29, 1.82) is 0 Å². The van der Waals surface area contributed by atoms with Crippen LogP contribution in [0.1, 0.15) is 0 Å². The number of nitrogens with zero attached hydrogens (tertiary/aromatic N) is 1. The molecule has 0 bridgehead atoms. The Morgan fingerprint density at radius 1 is 0.344 bits per heavy atom. The highest BCUT2D eigenvalue weighted by atomic mass is 32.1. The maximum absolute atomic E-state index is 6.70. The Hall–Kier alpha value is -7.72. The van der Waals surface area contributed by atoms with Gasteiger partial charge in [-0.05, 0) is 117 Å². The van der Waals surface area contributed by atoms with Crippen LogP contribution in [0.3, 0.4) is 0 Å². The molecular weight excluding hydrogens is 759 g/mol. The minimum Gasteiger partial charge on any atom is -0.455 e. The molecule has 0 N–H and O–H groups in total. The van der Waals surface area contributed by atoms with Gasteiger partial charge in [0.15, 0.2) is 0 Å². The number of thiophene rings is 1. The lowest BCUT2D eigenvalue weighted by molar-refractivity contribution is 0.672. The fourth-order valence-electron chi connectivity index (χ4n) is 9.11. The van der Waals surface area contributed by atoms with Crippen LogP contribution in [0.15, 0.2) is 229 Å². The van der Waals surface area contributed by atoms with Gasteiger partial charge in [-0.15, -0.1) is 11.3 Å². The molecule has 12 rings (SSSR count). The minimum absolute atomic E-state index is 0.866. The summed E-state index contributed by atoms with van der Waals surface area (Å²) in [6.07, 6.45) is 0. The standard InChI is InChI=1S/C58H37NOS/c1-3-12-40(13-4-1)47-33-27-43(36-51(47)41-14-5-2-6-15-41)38-22-29-45(30-23-38)59(53-19-11-20-54-57(53)50-34-26-42-16-7-8-17-48(42)58(50)60-54)46-31-24-39(25-32-46)44-28-35-56-52(37-44)49-18-9-10-21-55(49)61-56/h1-37H. The molecule has 0 radical (unpaired) electrons. The third-order valence-corrected chi connectivity index (χ3v) is 13.2. The van der Waals surface area contributed by atoms with Crippen molar-refractivity contribution in [2.75, 3.05) is 4.90 Å². The fourth-order valence-corrected chi connectivity index (χ4v) is 10.2. The Morgan fingerprint density at radius 2 is 0.934 bits per heavy atom. The van der Waals surface area contributed by atoms with Crippen molar-refractivity contribution in [2.45, 2.75) is 0 Å². The Balaban J connectivity index is 0.990. The van der Waals surface area contributed by atoms with Gasteiger partial charge in [-0.3, -0.25) is 0 Å². The number of fused-ring (bicyclic) bond motifs is 8. The van der Waals surface area contributed by atoms with Gasteiger partial charge in [0.2, 0.25) is 0 Å². The summed E-state index contributed by atoms with van der Waals surface area (Å²) in [6.45, 7) is 0. The highest BCUT2D eigenvalue weighted by molar-refractivity contribution is 7.25. The molecule has 2 nitrogen and oxygen atoms in total. The number of rotatable bonds is 7. The molecule has 10 aromatic carbocycles. The van der Waals surface area contributed by atoms with Gasteiger partial charge in [-0.2, -0.15) is 0 Å². The van der Waals surface area contributed by atoms with Crippen LogP contribution < -0.4 is 4.90 Å². The zero-order chi connectivity index (χ0) is 40.3. The lowest BCUT2D eigenvalue weighted by atomic mass is 9.91. The molecule has 0 saturated heterocycles. The summed E-state index contributed by atoms with van der Waals surface area (Å²) >= 11 is 1.85. The van der Waals surface area contributed by atoms with E-state index in [1.54, 1.807) is 0 Å². The average Bonchev–Trinajstić information content (AvgIpc) is 3.92. The molecule has 3 heteroatoms. The molecule has 0 aliphatic heterocycles. The Kier molecular flexibility index (Phi) is 8.39. The molecule has 2 aromatic heterocycles. The van der Waals surface area contributed by atoms with E-state index in [-0.39, 0.29) is 0 Å². The van der Waals surface area contributed by atoms with Crippen LogP contribution in [0.4, 0.5) is 17.1 Å². The molecular formula is C58H37NOS. The number of hydrogen-bond acceptors (Lipinski definition) is 3. The lowest BCUT2D eigenvalue weighted by Gasteiger charge is -2.26. The minimum atomic E-state index is 0.866. The highest BCUT2D eigenvalue weighted by Crippen LogP contribution is 2.46. The first-order chi connectivity index (χ1) is 30.2. The predicted octanol–water partition coefficient (Wildman–Crippen LogP) is 17.2. The average molecular weight is 796 g/mol. The van der Waals surface area contributed by atoms with Crippen LogP contribution in [0.2, 0.25) is 0 Å². The van der Waals surface area contributed by atoms with E-state index in [1.165, 1.54) is 64.5 Å². The Bertz CT molecular complexity index is 3570. The van der Waals surface area contributed by atoms with Gasteiger partial charge < -0.3 is 9.32 Å². The van der Waals surface area contributed by atoms with Crippen molar-refractivity contribution in [2.24, 2.45) is 0 Å². The van der Waals surface area contributed by atoms with Crippen molar-refractivity contribution >= 4 is 81.3 Å². The molecule has 61 heavy (non-hydrogen) atoms. The molecule has 286 valence electrons. The first-order valence-electron chi connectivity index (χ1n) is 20.7. The molecule has 0 aliphatic carbocycles. The number of benzene rings is 10. The molecule has 0 atom stereocenters. The van der Waals surface area contributed by atoms with Gasteiger partial charge in [0.1, 0.15) is 11.2 Å². The van der Waals surface area contributed by atoms with Crippen LogP contribution in [-0.2, 0) is 0 Å².